The van der Waals surface area contributed by atoms with Crippen LogP contribution in [-0.4, -0.2) is 40.0 Å². The Bertz CT molecular complexity index is 672. The van der Waals surface area contributed by atoms with E-state index in [1.54, 1.807) is 0 Å². The first-order valence-electron chi connectivity index (χ1n) is 7.19. The lowest BCUT2D eigenvalue weighted by atomic mass is 9.99. The molecule has 21 heavy (non-hydrogen) atoms. The summed E-state index contributed by atoms with van der Waals surface area (Å²) in [6.07, 6.45) is 2.75. The summed E-state index contributed by atoms with van der Waals surface area (Å²) in [6, 6.07) is 5.74. The quantitative estimate of drug-likeness (QED) is 0.796. The second-order valence-corrected chi connectivity index (χ2v) is 6.84. The minimum Gasteiger partial charge on any atom is -0.366 e. The molecule has 2 aromatic rings. The van der Waals surface area contributed by atoms with Crippen molar-refractivity contribution in [2.24, 2.45) is 0 Å². The Balaban J connectivity index is 2.09. The Hall–Kier alpha value is -1.88. The van der Waals surface area contributed by atoms with Crippen molar-refractivity contribution in [3.05, 3.63) is 30.1 Å². The van der Waals surface area contributed by atoms with Gasteiger partial charge in [-0.05, 0) is 39.8 Å². The first kappa shape index (κ1) is 14.1. The smallest absolute Gasteiger partial charge is 0.170 e. The fourth-order valence-electron chi connectivity index (χ4n) is 3.28. The van der Waals surface area contributed by atoms with E-state index in [9.17, 15) is 4.79 Å². The number of carbonyl (C=O) groups excluding carboxylic acids is 1. The number of morpholine rings is 1. The van der Waals surface area contributed by atoms with E-state index in [1.165, 1.54) is 0 Å². The number of aromatic nitrogens is 2. The van der Waals surface area contributed by atoms with Crippen LogP contribution in [-0.2, 0) is 4.74 Å². The molecule has 2 aromatic heterocycles. The summed E-state index contributed by atoms with van der Waals surface area (Å²) in [5.74, 6) is 0.737. The Morgan fingerprint density at radius 3 is 2.48 bits per heavy atom. The molecule has 5 nitrogen and oxygen atoms in total. The summed E-state index contributed by atoms with van der Waals surface area (Å²) in [4.78, 5) is 18.3. The first-order valence-corrected chi connectivity index (χ1v) is 7.19. The van der Waals surface area contributed by atoms with E-state index >= 15 is 0 Å². The SMILES string of the molecule is CC1(C)CN(c2nc3ccccn3c2C=O)CC(C)(C)O1. The van der Waals surface area contributed by atoms with Crippen molar-refractivity contribution >= 4 is 17.8 Å². The normalized spacial score (nSPS) is 20.7. The third-order valence-corrected chi connectivity index (χ3v) is 3.65. The molecule has 3 rings (SSSR count). The monoisotopic (exact) mass is 287 g/mol. The fourth-order valence-corrected chi connectivity index (χ4v) is 3.28. The molecule has 1 aliphatic rings. The molecular weight excluding hydrogens is 266 g/mol. The molecule has 0 bridgehead atoms. The zero-order chi connectivity index (χ0) is 15.3. The number of hydrogen-bond acceptors (Lipinski definition) is 4. The first-order chi connectivity index (χ1) is 9.81. The van der Waals surface area contributed by atoms with E-state index < -0.39 is 0 Å². The average molecular weight is 287 g/mol. The molecule has 1 fully saturated rings. The molecule has 1 aliphatic heterocycles. The van der Waals surface area contributed by atoms with Crippen LogP contribution in [0.5, 0.6) is 0 Å². The van der Waals surface area contributed by atoms with Crippen LogP contribution in [0.3, 0.4) is 0 Å². The van der Waals surface area contributed by atoms with Gasteiger partial charge in [0.1, 0.15) is 11.3 Å². The molecule has 5 heteroatoms. The van der Waals surface area contributed by atoms with Crippen LogP contribution in [0.1, 0.15) is 38.2 Å². The lowest BCUT2D eigenvalue weighted by molar-refractivity contribution is -0.133. The van der Waals surface area contributed by atoms with Gasteiger partial charge in [0, 0.05) is 19.3 Å². The molecule has 112 valence electrons. The summed E-state index contributed by atoms with van der Waals surface area (Å²) < 4.78 is 7.93. The second-order valence-electron chi connectivity index (χ2n) is 6.84. The molecule has 0 aromatic carbocycles. The third-order valence-electron chi connectivity index (χ3n) is 3.65. The van der Waals surface area contributed by atoms with Crippen LogP contribution in [0.15, 0.2) is 24.4 Å². The second kappa shape index (κ2) is 4.56. The maximum atomic E-state index is 11.5. The van der Waals surface area contributed by atoms with Crippen molar-refractivity contribution in [1.82, 2.24) is 9.38 Å². The van der Waals surface area contributed by atoms with Gasteiger partial charge in [0.2, 0.25) is 0 Å². The van der Waals surface area contributed by atoms with Crippen molar-refractivity contribution in [3.63, 3.8) is 0 Å². The highest BCUT2D eigenvalue weighted by molar-refractivity contribution is 5.83. The highest BCUT2D eigenvalue weighted by Gasteiger charge is 2.39. The van der Waals surface area contributed by atoms with Gasteiger partial charge in [-0.3, -0.25) is 9.20 Å². The van der Waals surface area contributed by atoms with Crippen LogP contribution < -0.4 is 4.90 Å². The van der Waals surface area contributed by atoms with Crippen LogP contribution in [0.4, 0.5) is 5.82 Å². The Morgan fingerprint density at radius 2 is 1.86 bits per heavy atom. The number of ether oxygens (including phenoxy) is 1. The van der Waals surface area contributed by atoms with Crippen LogP contribution in [0, 0.1) is 0 Å². The summed E-state index contributed by atoms with van der Waals surface area (Å²) in [5, 5.41) is 0. The van der Waals surface area contributed by atoms with Gasteiger partial charge in [0.15, 0.2) is 12.1 Å². The zero-order valence-corrected chi connectivity index (χ0v) is 13.0. The van der Waals surface area contributed by atoms with E-state index in [-0.39, 0.29) is 11.2 Å². The summed E-state index contributed by atoms with van der Waals surface area (Å²) in [6.45, 7) is 9.69. The molecule has 0 atom stereocenters. The molecule has 1 saturated heterocycles. The van der Waals surface area contributed by atoms with Crippen molar-refractivity contribution in [3.8, 4) is 0 Å². The fraction of sp³-hybridized carbons (Fsp3) is 0.500. The number of rotatable bonds is 2. The van der Waals surface area contributed by atoms with Crippen LogP contribution in [0.2, 0.25) is 0 Å². The predicted molar refractivity (Wildman–Crippen MR) is 82.0 cm³/mol. The number of anilines is 1. The van der Waals surface area contributed by atoms with E-state index in [0.717, 1.165) is 17.8 Å². The highest BCUT2D eigenvalue weighted by atomic mass is 16.5. The van der Waals surface area contributed by atoms with Gasteiger partial charge in [0.05, 0.1) is 11.2 Å². The number of aldehydes is 1. The van der Waals surface area contributed by atoms with Crippen LogP contribution >= 0.6 is 0 Å². The predicted octanol–water partition coefficient (Wildman–Crippen LogP) is 2.54. The molecular formula is C16H21N3O2. The van der Waals surface area contributed by atoms with Crippen LogP contribution in [0.25, 0.3) is 5.65 Å². The maximum absolute atomic E-state index is 11.5. The molecule has 3 heterocycles. The highest BCUT2D eigenvalue weighted by Crippen LogP contribution is 2.32. The number of hydrogen-bond donors (Lipinski definition) is 0. The van der Waals surface area contributed by atoms with E-state index in [2.05, 4.69) is 37.6 Å². The lowest BCUT2D eigenvalue weighted by Gasteiger charge is -2.47. The van der Waals surface area contributed by atoms with E-state index in [0.29, 0.717) is 18.8 Å². The average Bonchev–Trinajstić information content (AvgIpc) is 2.73. The summed E-state index contributed by atoms with van der Waals surface area (Å²) >= 11 is 0. The molecule has 0 unspecified atom stereocenters. The maximum Gasteiger partial charge on any atom is 0.170 e. The van der Waals surface area contributed by atoms with Gasteiger partial charge in [0.25, 0.3) is 0 Å². The Kier molecular flexibility index (Phi) is 3.06. The van der Waals surface area contributed by atoms with E-state index in [1.807, 2.05) is 28.8 Å². The molecule has 0 spiro atoms. The summed E-state index contributed by atoms with van der Waals surface area (Å²) in [5.41, 5.74) is 0.825. The van der Waals surface area contributed by atoms with E-state index in [4.69, 9.17) is 4.74 Å². The van der Waals surface area contributed by atoms with Gasteiger partial charge in [-0.25, -0.2) is 4.98 Å². The standard InChI is InChI=1S/C16H21N3O2/c1-15(2)10-18(11-16(3,4)21-15)14-12(9-20)19-8-6-5-7-13(19)17-14/h5-9H,10-11H2,1-4H3. The van der Waals surface area contributed by atoms with Gasteiger partial charge in [-0.15, -0.1) is 0 Å². The topological polar surface area (TPSA) is 46.8 Å². The van der Waals surface area contributed by atoms with Gasteiger partial charge in [-0.2, -0.15) is 0 Å². The Morgan fingerprint density at radius 1 is 1.19 bits per heavy atom. The minimum absolute atomic E-state index is 0.280. The number of pyridine rings is 1. The molecule has 0 saturated carbocycles. The molecule has 0 N–H and O–H groups in total. The Labute approximate surface area is 124 Å². The van der Waals surface area contributed by atoms with Crippen molar-refractivity contribution in [2.75, 3.05) is 18.0 Å². The zero-order valence-electron chi connectivity index (χ0n) is 13.0. The van der Waals surface area contributed by atoms with Gasteiger partial charge >= 0.3 is 0 Å². The third kappa shape index (κ3) is 2.53. The number of carbonyl (C=O) groups is 1. The number of imidazole rings is 1. The lowest BCUT2D eigenvalue weighted by Crippen LogP contribution is -2.57. The molecule has 0 amide bonds. The largest absolute Gasteiger partial charge is 0.366 e. The molecule has 0 aliphatic carbocycles. The minimum atomic E-state index is -0.280. The molecule has 0 radical (unpaired) electrons. The number of nitrogens with zero attached hydrogens (tertiary/aromatic N) is 3. The van der Waals surface area contributed by atoms with Gasteiger partial charge < -0.3 is 9.64 Å². The van der Waals surface area contributed by atoms with Gasteiger partial charge in [-0.1, -0.05) is 6.07 Å². The number of fused-ring (bicyclic) bond motifs is 1. The van der Waals surface area contributed by atoms with Crippen molar-refractivity contribution in [1.29, 1.82) is 0 Å². The van der Waals surface area contributed by atoms with Crippen molar-refractivity contribution in [2.45, 2.75) is 38.9 Å². The van der Waals surface area contributed by atoms with Crippen molar-refractivity contribution < 1.29 is 9.53 Å². The summed E-state index contributed by atoms with van der Waals surface area (Å²) in [7, 11) is 0.